The van der Waals surface area contributed by atoms with Crippen molar-refractivity contribution in [3.63, 3.8) is 0 Å². The van der Waals surface area contributed by atoms with Crippen molar-refractivity contribution < 1.29 is 0 Å². The Bertz CT molecular complexity index is 1280. The van der Waals surface area contributed by atoms with Crippen LogP contribution in [-0.2, 0) is 18.8 Å². The third-order valence-electron chi connectivity index (χ3n) is 5.83. The maximum atomic E-state index is 12.5. The Kier molecular flexibility index (Phi) is 6.05. The molecule has 4 aromatic rings. The average molecular weight is 447 g/mol. The number of benzene rings is 1. The second kappa shape index (κ2) is 9.26. The topological polar surface area (TPSA) is 68.3 Å². The van der Waals surface area contributed by atoms with Crippen molar-refractivity contribution in [1.82, 2.24) is 29.0 Å². The van der Waals surface area contributed by atoms with Crippen molar-refractivity contribution in [2.24, 2.45) is 0 Å². The minimum absolute atomic E-state index is 0.0604. The van der Waals surface area contributed by atoms with Gasteiger partial charge in [0.25, 0.3) is 5.56 Å². The van der Waals surface area contributed by atoms with Gasteiger partial charge in [-0.3, -0.25) is 14.1 Å². The van der Waals surface area contributed by atoms with Crippen LogP contribution in [-0.4, -0.2) is 42.1 Å². The molecule has 0 spiro atoms. The zero-order valence-corrected chi connectivity index (χ0v) is 19.0. The minimum atomic E-state index is -0.0604. The number of hydrogen-bond donors (Lipinski definition) is 0. The van der Waals surface area contributed by atoms with E-state index in [1.807, 2.05) is 25.1 Å². The van der Waals surface area contributed by atoms with Crippen LogP contribution in [0, 0.1) is 6.92 Å². The Morgan fingerprint density at radius 2 is 1.81 bits per heavy atom. The summed E-state index contributed by atoms with van der Waals surface area (Å²) in [6.07, 6.45) is 4.25. The summed E-state index contributed by atoms with van der Waals surface area (Å²) in [5, 5.41) is 9.90. The molecule has 1 aliphatic heterocycles. The SMILES string of the molecule is Cc1cccn2c(=O)cc(CSc3nnc(CN4CCCC4)n3Cc3ccccc3)nc12. The van der Waals surface area contributed by atoms with Gasteiger partial charge in [-0.2, -0.15) is 0 Å². The molecule has 1 saturated heterocycles. The van der Waals surface area contributed by atoms with E-state index in [4.69, 9.17) is 4.98 Å². The molecular formula is C24H26N6OS. The number of thioether (sulfide) groups is 1. The smallest absolute Gasteiger partial charge is 0.258 e. The van der Waals surface area contributed by atoms with E-state index < -0.39 is 0 Å². The van der Waals surface area contributed by atoms with Gasteiger partial charge in [0.05, 0.1) is 18.8 Å². The Morgan fingerprint density at radius 3 is 2.62 bits per heavy atom. The van der Waals surface area contributed by atoms with Crippen molar-refractivity contribution in [3.8, 4) is 0 Å². The first-order valence-corrected chi connectivity index (χ1v) is 11.9. The van der Waals surface area contributed by atoms with Gasteiger partial charge < -0.3 is 4.57 Å². The number of aryl methyl sites for hydroxylation is 1. The molecule has 3 aromatic heterocycles. The van der Waals surface area contributed by atoms with Crippen molar-refractivity contribution in [2.75, 3.05) is 13.1 Å². The Hall–Kier alpha value is -2.97. The van der Waals surface area contributed by atoms with E-state index >= 15 is 0 Å². The van der Waals surface area contributed by atoms with E-state index in [-0.39, 0.29) is 5.56 Å². The van der Waals surface area contributed by atoms with Crippen LogP contribution in [0.15, 0.2) is 64.7 Å². The first-order valence-electron chi connectivity index (χ1n) is 11.0. The van der Waals surface area contributed by atoms with Gasteiger partial charge in [0.1, 0.15) is 11.5 Å². The largest absolute Gasteiger partial charge is 0.300 e. The highest BCUT2D eigenvalue weighted by molar-refractivity contribution is 7.98. The summed E-state index contributed by atoms with van der Waals surface area (Å²) in [7, 11) is 0. The number of hydrogen-bond acceptors (Lipinski definition) is 6. The molecule has 0 radical (unpaired) electrons. The van der Waals surface area contributed by atoms with Gasteiger partial charge in [0, 0.05) is 18.0 Å². The molecule has 0 amide bonds. The van der Waals surface area contributed by atoms with Gasteiger partial charge in [0.2, 0.25) is 0 Å². The Labute approximate surface area is 191 Å². The molecule has 0 bridgehead atoms. The molecule has 0 saturated carbocycles. The molecule has 1 aromatic carbocycles. The first kappa shape index (κ1) is 20.9. The van der Waals surface area contributed by atoms with Gasteiger partial charge in [-0.05, 0) is 50.0 Å². The second-order valence-corrected chi connectivity index (χ2v) is 9.16. The third-order valence-corrected chi connectivity index (χ3v) is 6.83. The number of likely N-dealkylation sites (tertiary alicyclic amines) is 1. The van der Waals surface area contributed by atoms with E-state index in [9.17, 15) is 4.79 Å². The molecule has 8 heteroatoms. The van der Waals surface area contributed by atoms with Crippen LogP contribution in [0.4, 0.5) is 0 Å². The minimum Gasteiger partial charge on any atom is -0.300 e. The highest BCUT2D eigenvalue weighted by atomic mass is 32.2. The highest BCUT2D eigenvalue weighted by Crippen LogP contribution is 2.24. The maximum Gasteiger partial charge on any atom is 0.258 e. The van der Waals surface area contributed by atoms with Crippen LogP contribution < -0.4 is 5.56 Å². The fraction of sp³-hybridized carbons (Fsp3) is 0.333. The lowest BCUT2D eigenvalue weighted by Crippen LogP contribution is -2.21. The monoisotopic (exact) mass is 446 g/mol. The zero-order valence-electron chi connectivity index (χ0n) is 18.1. The summed E-state index contributed by atoms with van der Waals surface area (Å²) in [6.45, 7) is 5.75. The molecule has 0 aliphatic carbocycles. The Morgan fingerprint density at radius 1 is 1.00 bits per heavy atom. The number of pyridine rings is 1. The van der Waals surface area contributed by atoms with Crippen LogP contribution in [0.5, 0.6) is 0 Å². The molecule has 1 aliphatic rings. The molecule has 0 unspecified atom stereocenters. The predicted octanol–water partition coefficient (Wildman–Crippen LogP) is 3.53. The van der Waals surface area contributed by atoms with Gasteiger partial charge in [-0.15, -0.1) is 10.2 Å². The molecule has 164 valence electrons. The number of aromatic nitrogens is 5. The highest BCUT2D eigenvalue weighted by Gasteiger charge is 2.19. The van der Waals surface area contributed by atoms with Crippen molar-refractivity contribution in [1.29, 1.82) is 0 Å². The lowest BCUT2D eigenvalue weighted by atomic mass is 10.2. The number of rotatable bonds is 7. The van der Waals surface area contributed by atoms with E-state index in [1.165, 1.54) is 18.4 Å². The number of nitrogens with zero attached hydrogens (tertiary/aromatic N) is 6. The zero-order chi connectivity index (χ0) is 21.9. The number of fused-ring (bicyclic) bond motifs is 1. The van der Waals surface area contributed by atoms with Crippen LogP contribution in [0.2, 0.25) is 0 Å². The molecule has 0 atom stereocenters. The molecular weight excluding hydrogens is 420 g/mol. The lowest BCUT2D eigenvalue weighted by molar-refractivity contribution is 0.316. The van der Waals surface area contributed by atoms with Crippen molar-refractivity contribution in [2.45, 2.75) is 43.8 Å². The quantitative estimate of drug-likeness (QED) is 0.405. The molecule has 4 heterocycles. The molecule has 1 fully saturated rings. The first-order chi connectivity index (χ1) is 15.7. The molecule has 7 nitrogen and oxygen atoms in total. The van der Waals surface area contributed by atoms with Crippen LogP contribution in [0.1, 0.15) is 35.5 Å². The van der Waals surface area contributed by atoms with Crippen molar-refractivity contribution >= 4 is 17.4 Å². The molecule has 32 heavy (non-hydrogen) atoms. The third kappa shape index (κ3) is 4.47. The van der Waals surface area contributed by atoms with E-state index in [2.05, 4.69) is 43.9 Å². The van der Waals surface area contributed by atoms with Crippen LogP contribution in [0.25, 0.3) is 5.65 Å². The molecule has 5 rings (SSSR count). The normalized spacial score (nSPS) is 14.4. The van der Waals surface area contributed by atoms with Gasteiger partial charge in [-0.25, -0.2) is 4.98 Å². The summed E-state index contributed by atoms with van der Waals surface area (Å²) in [5.41, 5.74) is 3.60. The summed E-state index contributed by atoms with van der Waals surface area (Å²) in [4.78, 5) is 19.7. The molecule has 0 N–H and O–H groups in total. The second-order valence-electron chi connectivity index (χ2n) is 8.21. The Balaban J connectivity index is 1.41. The fourth-order valence-corrected chi connectivity index (χ4v) is 4.98. The van der Waals surface area contributed by atoms with Crippen LogP contribution >= 0.6 is 11.8 Å². The van der Waals surface area contributed by atoms with Gasteiger partial charge in [-0.1, -0.05) is 48.2 Å². The summed E-state index contributed by atoms with van der Waals surface area (Å²) >= 11 is 1.58. The van der Waals surface area contributed by atoms with E-state index in [0.29, 0.717) is 11.4 Å². The summed E-state index contributed by atoms with van der Waals surface area (Å²) in [5.74, 6) is 1.55. The summed E-state index contributed by atoms with van der Waals surface area (Å²) in [6, 6.07) is 15.9. The lowest BCUT2D eigenvalue weighted by Gasteiger charge is -2.16. The van der Waals surface area contributed by atoms with Crippen molar-refractivity contribution in [3.05, 3.63) is 87.7 Å². The van der Waals surface area contributed by atoms with E-state index in [0.717, 1.165) is 48.4 Å². The van der Waals surface area contributed by atoms with Crippen LogP contribution in [0.3, 0.4) is 0 Å². The average Bonchev–Trinajstić information content (AvgIpc) is 3.45. The van der Waals surface area contributed by atoms with Gasteiger partial charge >= 0.3 is 0 Å². The van der Waals surface area contributed by atoms with E-state index in [1.54, 1.807) is 28.4 Å². The van der Waals surface area contributed by atoms with Gasteiger partial charge in [0.15, 0.2) is 5.16 Å². The standard InChI is InChI=1S/C24H26N6OS/c1-18-8-7-13-29-22(31)14-20(25-23(18)29)17-32-24-27-26-21(16-28-11-5-6-12-28)30(24)15-19-9-3-2-4-10-19/h2-4,7-10,13-14H,5-6,11-12,15-17H2,1H3. The predicted molar refractivity (Wildman–Crippen MR) is 126 cm³/mol. The maximum absolute atomic E-state index is 12.5. The summed E-state index contributed by atoms with van der Waals surface area (Å²) < 4.78 is 3.80. The fourth-order valence-electron chi connectivity index (χ4n) is 4.13.